The van der Waals surface area contributed by atoms with E-state index in [1.807, 2.05) is 23.1 Å². The third-order valence-electron chi connectivity index (χ3n) is 5.73. The van der Waals surface area contributed by atoms with Gasteiger partial charge in [0.25, 0.3) is 0 Å². The first-order valence-corrected chi connectivity index (χ1v) is 10.9. The van der Waals surface area contributed by atoms with Gasteiger partial charge in [0.2, 0.25) is 0 Å². The molecule has 180 valence electrons. The van der Waals surface area contributed by atoms with Gasteiger partial charge < -0.3 is 25.0 Å². The van der Waals surface area contributed by atoms with Crippen LogP contribution in [-0.4, -0.2) is 55.7 Å². The van der Waals surface area contributed by atoms with Gasteiger partial charge in [-0.2, -0.15) is 0 Å². The predicted molar refractivity (Wildman–Crippen MR) is 123 cm³/mol. The fraction of sp³-hybridized carbons (Fsp3) is 0.333. The molecule has 1 aliphatic rings. The Labute approximate surface area is 195 Å². The summed E-state index contributed by atoms with van der Waals surface area (Å²) in [7, 11) is 0. The van der Waals surface area contributed by atoms with Crippen molar-refractivity contribution in [2.45, 2.75) is 32.9 Å². The van der Waals surface area contributed by atoms with Crippen molar-refractivity contribution in [1.29, 1.82) is 0 Å². The Bertz CT molecular complexity index is 1140. The number of aromatic nitrogens is 2. The molecule has 1 aliphatic heterocycles. The largest absolute Gasteiger partial charge is 0.473 e. The summed E-state index contributed by atoms with van der Waals surface area (Å²) < 4.78 is 15.3. The number of urea groups is 1. The quantitative estimate of drug-likeness (QED) is 0.503. The van der Waals surface area contributed by atoms with Crippen molar-refractivity contribution < 1.29 is 29.0 Å². The number of fused-ring (bicyclic) bond motifs is 1. The van der Waals surface area contributed by atoms with Crippen LogP contribution in [0.5, 0.6) is 0 Å². The van der Waals surface area contributed by atoms with Crippen LogP contribution < -0.4 is 5.32 Å². The number of amides is 2. The first kappa shape index (κ1) is 24.7. The number of rotatable bonds is 4. The van der Waals surface area contributed by atoms with Crippen molar-refractivity contribution in [3.05, 3.63) is 65.7 Å². The molecule has 0 unspecified atom stereocenters. The molecule has 34 heavy (non-hydrogen) atoms. The molecule has 1 saturated heterocycles. The van der Waals surface area contributed by atoms with Gasteiger partial charge in [0, 0.05) is 26.2 Å². The lowest BCUT2D eigenvalue weighted by molar-refractivity contribution is -0.159. The molecule has 0 atom stereocenters. The molecular formula is C24H27FN4O5. The van der Waals surface area contributed by atoms with Crippen LogP contribution in [0.4, 0.5) is 9.18 Å². The van der Waals surface area contributed by atoms with E-state index >= 15 is 0 Å². The van der Waals surface area contributed by atoms with Crippen molar-refractivity contribution in [2.24, 2.45) is 5.92 Å². The summed E-state index contributed by atoms with van der Waals surface area (Å²) in [6, 6.07) is 14.4. The zero-order valence-corrected chi connectivity index (χ0v) is 18.8. The second kappa shape index (κ2) is 11.3. The lowest BCUT2D eigenvalue weighted by Crippen LogP contribution is -2.44. The maximum absolute atomic E-state index is 13.0. The molecular weight excluding hydrogens is 443 g/mol. The summed E-state index contributed by atoms with van der Waals surface area (Å²) in [6.07, 6.45) is 1.96. The number of piperidine rings is 1. The van der Waals surface area contributed by atoms with Crippen LogP contribution in [0.25, 0.3) is 11.0 Å². The van der Waals surface area contributed by atoms with E-state index in [1.54, 1.807) is 12.1 Å². The Morgan fingerprint density at radius 1 is 1.03 bits per heavy atom. The average molecular weight is 471 g/mol. The van der Waals surface area contributed by atoms with E-state index in [2.05, 4.69) is 27.9 Å². The van der Waals surface area contributed by atoms with Gasteiger partial charge in [-0.15, -0.1) is 0 Å². The second-order valence-electron chi connectivity index (χ2n) is 8.08. The van der Waals surface area contributed by atoms with Crippen LogP contribution in [0.1, 0.15) is 24.2 Å². The summed E-state index contributed by atoms with van der Waals surface area (Å²) in [5.41, 5.74) is 3.11. The van der Waals surface area contributed by atoms with Gasteiger partial charge in [0.15, 0.2) is 0 Å². The maximum atomic E-state index is 13.0. The SMILES string of the molecule is Cc1nc2ccccc2n1CC1CCN(C(=O)NCc2ccc(F)cc2)CC1.O=C(O)C(=O)O. The first-order valence-electron chi connectivity index (χ1n) is 10.9. The zero-order valence-electron chi connectivity index (χ0n) is 18.8. The molecule has 1 fully saturated rings. The van der Waals surface area contributed by atoms with E-state index in [4.69, 9.17) is 19.8 Å². The van der Waals surface area contributed by atoms with E-state index in [0.717, 1.165) is 49.4 Å². The van der Waals surface area contributed by atoms with Gasteiger partial charge in [0.1, 0.15) is 11.6 Å². The van der Waals surface area contributed by atoms with E-state index in [9.17, 15) is 9.18 Å². The van der Waals surface area contributed by atoms with Gasteiger partial charge >= 0.3 is 18.0 Å². The zero-order chi connectivity index (χ0) is 24.7. The van der Waals surface area contributed by atoms with Crippen LogP contribution in [0.15, 0.2) is 48.5 Å². The summed E-state index contributed by atoms with van der Waals surface area (Å²) in [4.78, 5) is 37.1. The second-order valence-corrected chi connectivity index (χ2v) is 8.08. The molecule has 0 spiro atoms. The van der Waals surface area contributed by atoms with Gasteiger partial charge in [-0.3, -0.25) is 0 Å². The number of carbonyl (C=O) groups excluding carboxylic acids is 1. The van der Waals surface area contributed by atoms with Crippen LogP contribution in [0.2, 0.25) is 0 Å². The minimum atomic E-state index is -1.82. The Kier molecular flexibility index (Phi) is 8.18. The van der Waals surface area contributed by atoms with Crippen molar-refractivity contribution in [3.63, 3.8) is 0 Å². The number of nitrogens with zero attached hydrogens (tertiary/aromatic N) is 3. The van der Waals surface area contributed by atoms with E-state index < -0.39 is 11.9 Å². The van der Waals surface area contributed by atoms with Gasteiger partial charge in [-0.05, 0) is 55.5 Å². The average Bonchev–Trinajstić information content (AvgIpc) is 3.14. The first-order chi connectivity index (χ1) is 16.2. The molecule has 3 aromatic rings. The number of imidazole rings is 1. The molecule has 0 bridgehead atoms. The lowest BCUT2D eigenvalue weighted by Gasteiger charge is -2.32. The topological polar surface area (TPSA) is 125 Å². The number of hydrogen-bond donors (Lipinski definition) is 3. The minimum absolute atomic E-state index is 0.0490. The van der Waals surface area contributed by atoms with E-state index in [-0.39, 0.29) is 11.8 Å². The fourth-order valence-corrected chi connectivity index (χ4v) is 3.89. The van der Waals surface area contributed by atoms with Crippen molar-refractivity contribution >= 4 is 29.0 Å². The third-order valence-corrected chi connectivity index (χ3v) is 5.73. The molecule has 1 aromatic heterocycles. The smallest absolute Gasteiger partial charge is 0.414 e. The molecule has 4 rings (SSSR count). The number of carboxylic acids is 2. The van der Waals surface area contributed by atoms with Crippen molar-refractivity contribution in [2.75, 3.05) is 13.1 Å². The van der Waals surface area contributed by atoms with Gasteiger partial charge in [-0.1, -0.05) is 24.3 Å². The number of aryl methyl sites for hydroxylation is 1. The predicted octanol–water partition coefficient (Wildman–Crippen LogP) is 3.26. The Hall–Kier alpha value is -3.95. The molecule has 3 N–H and O–H groups in total. The number of aliphatic carboxylic acids is 2. The summed E-state index contributed by atoms with van der Waals surface area (Å²) in [6.45, 7) is 4.92. The standard InChI is InChI=1S/C22H25FN4O.C2H2O4/c1-16-25-20-4-2-3-5-21(20)27(16)15-18-10-12-26(13-11-18)22(28)24-14-17-6-8-19(23)9-7-17;3-1(4)2(5)6/h2-9,18H,10-15H2,1H3,(H,24,28);(H,3,4)(H,5,6). The minimum Gasteiger partial charge on any atom is -0.473 e. The molecule has 2 amide bonds. The van der Waals surface area contributed by atoms with Gasteiger partial charge in [-0.25, -0.2) is 23.8 Å². The Balaban J connectivity index is 0.000000481. The molecule has 9 nitrogen and oxygen atoms in total. The van der Waals surface area contributed by atoms with Crippen molar-refractivity contribution in [1.82, 2.24) is 19.8 Å². The molecule has 2 aromatic carbocycles. The van der Waals surface area contributed by atoms with Crippen LogP contribution in [0, 0.1) is 18.7 Å². The number of hydrogen-bond acceptors (Lipinski definition) is 4. The molecule has 2 heterocycles. The molecule has 0 radical (unpaired) electrons. The van der Waals surface area contributed by atoms with E-state index in [0.29, 0.717) is 12.5 Å². The third kappa shape index (κ3) is 6.53. The van der Waals surface area contributed by atoms with Crippen LogP contribution in [-0.2, 0) is 22.7 Å². The highest BCUT2D eigenvalue weighted by atomic mass is 19.1. The monoisotopic (exact) mass is 470 g/mol. The summed E-state index contributed by atoms with van der Waals surface area (Å²) in [5, 5.41) is 17.7. The number of halogens is 1. The molecule has 10 heteroatoms. The normalized spacial score (nSPS) is 13.8. The highest BCUT2D eigenvalue weighted by Gasteiger charge is 2.24. The fourth-order valence-electron chi connectivity index (χ4n) is 3.89. The summed E-state index contributed by atoms with van der Waals surface area (Å²) in [5.74, 6) is -2.33. The highest BCUT2D eigenvalue weighted by molar-refractivity contribution is 6.27. The number of nitrogens with one attached hydrogen (secondary N) is 1. The maximum Gasteiger partial charge on any atom is 0.414 e. The Morgan fingerprint density at radius 3 is 2.26 bits per heavy atom. The molecule has 0 saturated carbocycles. The molecule has 0 aliphatic carbocycles. The van der Waals surface area contributed by atoms with Crippen molar-refractivity contribution in [3.8, 4) is 0 Å². The summed E-state index contributed by atoms with van der Waals surface area (Å²) >= 11 is 0. The highest BCUT2D eigenvalue weighted by Crippen LogP contribution is 2.23. The lowest BCUT2D eigenvalue weighted by atomic mass is 9.97. The van der Waals surface area contributed by atoms with Crippen LogP contribution in [0.3, 0.4) is 0 Å². The number of para-hydroxylation sites is 2. The number of benzene rings is 2. The number of carboxylic acid groups (broad SMARTS) is 2. The Morgan fingerprint density at radius 2 is 1.65 bits per heavy atom. The number of carbonyl (C=O) groups is 3. The van der Waals surface area contributed by atoms with Gasteiger partial charge in [0.05, 0.1) is 11.0 Å². The van der Waals surface area contributed by atoms with Crippen LogP contribution >= 0.6 is 0 Å². The van der Waals surface area contributed by atoms with E-state index in [1.165, 1.54) is 17.6 Å². The number of likely N-dealkylation sites (tertiary alicyclic amines) is 1.